The number of hydrogen-bond acceptors (Lipinski definition) is 7. The molecule has 3 aromatic carbocycles. The van der Waals surface area contributed by atoms with Gasteiger partial charge in [0.25, 0.3) is 0 Å². The lowest BCUT2D eigenvalue weighted by molar-refractivity contribution is -0.134. The van der Waals surface area contributed by atoms with Crippen LogP contribution in [0.5, 0.6) is 0 Å². The molecule has 0 heterocycles. The lowest BCUT2D eigenvalue weighted by Gasteiger charge is -2.26. The van der Waals surface area contributed by atoms with Gasteiger partial charge in [-0.25, -0.2) is 0 Å². The molecule has 0 saturated carbocycles. The third-order valence-corrected chi connectivity index (χ3v) is 8.59. The Morgan fingerprint density at radius 1 is 0.680 bits per heavy atom. The number of halogens is 1. The van der Waals surface area contributed by atoms with Gasteiger partial charge in [0.05, 0.1) is 0 Å². The quantitative estimate of drug-likeness (QED) is 0.0366. The number of nitrogens with two attached hydrogens (primary N) is 4. The smallest absolute Gasteiger partial charge is 0.243 e. The summed E-state index contributed by atoms with van der Waals surface area (Å²) in [4.78, 5) is 69.6. The van der Waals surface area contributed by atoms with Crippen LogP contribution in [0.1, 0.15) is 43.7 Å². The number of nitrogens with one attached hydrogen (secondary N) is 4. The minimum Gasteiger partial charge on any atom is -0.370 e. The highest BCUT2D eigenvalue weighted by Crippen LogP contribution is 2.17. The Morgan fingerprint density at radius 3 is 1.84 bits per heavy atom. The number of nitrogens with zero attached hydrogens (tertiary/aromatic N) is 1. The molecule has 4 atom stereocenters. The number of fused-ring (bicyclic) bond motifs is 1. The SMILES string of the molecule is CC(=O)N[C@H](Cc1ccc(I)cc1)C(=O)N[C@@H](CCCN=C(N)N)C(=O)N[C@@H](Cc1ccc2ccccc2c1)C(=O)N[C@@H](CCCN)C(N)=O. The van der Waals surface area contributed by atoms with Crippen molar-refractivity contribution in [3.05, 3.63) is 81.4 Å². The summed E-state index contributed by atoms with van der Waals surface area (Å²) in [5.74, 6) is -3.15. The van der Waals surface area contributed by atoms with Crippen LogP contribution in [0.15, 0.2) is 71.7 Å². The monoisotopic (exact) mass is 799 g/mol. The van der Waals surface area contributed by atoms with Crippen LogP contribution in [0.3, 0.4) is 0 Å². The molecule has 0 aliphatic heterocycles. The molecule has 0 radical (unpaired) electrons. The summed E-state index contributed by atoms with van der Waals surface area (Å²) in [6, 6.07) is 16.6. The predicted octanol–water partition coefficient (Wildman–Crippen LogP) is 0.467. The first-order valence-corrected chi connectivity index (χ1v) is 17.4. The fourth-order valence-electron chi connectivity index (χ4n) is 5.32. The van der Waals surface area contributed by atoms with Crippen molar-refractivity contribution in [1.82, 2.24) is 21.3 Å². The normalized spacial score (nSPS) is 13.3. The van der Waals surface area contributed by atoms with E-state index in [4.69, 9.17) is 22.9 Å². The molecule has 15 heteroatoms. The van der Waals surface area contributed by atoms with Crippen molar-refractivity contribution in [2.75, 3.05) is 13.1 Å². The first-order chi connectivity index (χ1) is 23.9. The Labute approximate surface area is 305 Å². The number of primary amides is 1. The minimum atomic E-state index is -1.15. The molecule has 0 unspecified atom stereocenters. The molecule has 3 rings (SSSR count). The number of amides is 5. The largest absolute Gasteiger partial charge is 0.370 e. The first-order valence-electron chi connectivity index (χ1n) is 16.3. The molecule has 5 amide bonds. The molecule has 0 spiro atoms. The summed E-state index contributed by atoms with van der Waals surface area (Å²) in [6.07, 6.45) is 1.33. The zero-order valence-electron chi connectivity index (χ0n) is 28.0. The van der Waals surface area contributed by atoms with Crippen molar-refractivity contribution in [1.29, 1.82) is 0 Å². The Kier molecular flexibility index (Phi) is 15.9. The maximum atomic E-state index is 14.0. The molecule has 0 fully saturated rings. The number of rotatable bonds is 19. The van der Waals surface area contributed by atoms with Gasteiger partial charge >= 0.3 is 0 Å². The molecule has 0 aliphatic rings. The van der Waals surface area contributed by atoms with Crippen LogP contribution in [0.2, 0.25) is 0 Å². The van der Waals surface area contributed by atoms with Crippen molar-refractivity contribution >= 4 is 68.9 Å². The molecule has 14 nitrogen and oxygen atoms in total. The lowest BCUT2D eigenvalue weighted by Crippen LogP contribution is -2.58. The fraction of sp³-hybridized carbons (Fsp3) is 0.371. The van der Waals surface area contributed by atoms with E-state index in [0.29, 0.717) is 19.4 Å². The van der Waals surface area contributed by atoms with E-state index in [-0.39, 0.29) is 38.2 Å². The maximum Gasteiger partial charge on any atom is 0.243 e. The number of carbonyl (C=O) groups is 5. The number of hydrogen-bond donors (Lipinski definition) is 8. The van der Waals surface area contributed by atoms with E-state index < -0.39 is 53.7 Å². The van der Waals surface area contributed by atoms with Gasteiger partial charge in [-0.2, -0.15) is 0 Å². The molecule has 50 heavy (non-hydrogen) atoms. The average Bonchev–Trinajstić information content (AvgIpc) is 3.07. The second-order valence-electron chi connectivity index (χ2n) is 11.9. The number of carbonyl (C=O) groups excluding carboxylic acids is 5. The molecule has 0 bridgehead atoms. The molecular weight excluding hydrogens is 753 g/mol. The van der Waals surface area contributed by atoms with Gasteiger partial charge in [0.2, 0.25) is 29.5 Å². The van der Waals surface area contributed by atoms with Crippen LogP contribution in [0.4, 0.5) is 0 Å². The van der Waals surface area contributed by atoms with Gasteiger partial charge in [-0.1, -0.05) is 54.6 Å². The Balaban J connectivity index is 1.90. The summed E-state index contributed by atoms with van der Waals surface area (Å²) < 4.78 is 1.01. The number of guanidine groups is 1. The third kappa shape index (κ3) is 13.3. The van der Waals surface area contributed by atoms with E-state index in [1.807, 2.05) is 66.7 Å². The van der Waals surface area contributed by atoms with Crippen LogP contribution in [-0.2, 0) is 36.8 Å². The molecule has 12 N–H and O–H groups in total. The van der Waals surface area contributed by atoms with Gasteiger partial charge in [-0.05, 0) is 88.9 Å². The topological polar surface area (TPSA) is 250 Å². The van der Waals surface area contributed by atoms with Crippen molar-refractivity contribution in [2.24, 2.45) is 27.9 Å². The van der Waals surface area contributed by atoms with Crippen LogP contribution in [0, 0.1) is 3.57 Å². The molecule has 3 aromatic rings. The zero-order valence-corrected chi connectivity index (χ0v) is 30.2. The van der Waals surface area contributed by atoms with Crippen molar-refractivity contribution in [2.45, 2.75) is 69.6 Å². The van der Waals surface area contributed by atoms with E-state index >= 15 is 0 Å². The van der Waals surface area contributed by atoms with Gasteiger partial charge < -0.3 is 44.2 Å². The van der Waals surface area contributed by atoms with E-state index in [0.717, 1.165) is 25.5 Å². The van der Waals surface area contributed by atoms with Crippen LogP contribution in [0.25, 0.3) is 10.8 Å². The molecular formula is C35H46IN9O5. The van der Waals surface area contributed by atoms with Crippen LogP contribution < -0.4 is 44.2 Å². The Bertz CT molecular complexity index is 1660. The summed E-state index contributed by atoms with van der Waals surface area (Å²) in [5.41, 5.74) is 23.7. The van der Waals surface area contributed by atoms with Crippen molar-refractivity contribution in [3.8, 4) is 0 Å². The summed E-state index contributed by atoms with van der Waals surface area (Å²) in [7, 11) is 0. The standard InChI is InChI=1S/C35H46IN9O5/c1-21(46)42-29(19-22-11-14-26(36)15-12-22)33(49)44-28(9-5-17-41-35(39)40)32(48)45-30(34(50)43-27(31(38)47)8-4-16-37)20-23-10-13-24-6-2-3-7-25(24)18-23/h2-3,6-7,10-15,18,27-30H,4-5,8-9,16-17,19-20,37H2,1H3,(H2,38,47)(H,42,46)(H,43,50)(H,44,49)(H,45,48)(H4,39,40,41)/t27-,28-,29+,30-/m0/s1. The highest BCUT2D eigenvalue weighted by Gasteiger charge is 2.31. The predicted molar refractivity (Wildman–Crippen MR) is 201 cm³/mol. The molecule has 0 aliphatic carbocycles. The van der Waals surface area contributed by atoms with E-state index in [9.17, 15) is 24.0 Å². The van der Waals surface area contributed by atoms with Gasteiger partial charge in [0, 0.05) is 29.9 Å². The third-order valence-electron chi connectivity index (χ3n) is 7.87. The van der Waals surface area contributed by atoms with Crippen molar-refractivity contribution in [3.63, 3.8) is 0 Å². The minimum absolute atomic E-state index is 0.0702. The van der Waals surface area contributed by atoms with Gasteiger partial charge in [0.1, 0.15) is 24.2 Å². The molecule has 0 aromatic heterocycles. The van der Waals surface area contributed by atoms with Gasteiger partial charge in [0.15, 0.2) is 5.96 Å². The highest BCUT2D eigenvalue weighted by atomic mass is 127. The van der Waals surface area contributed by atoms with Crippen LogP contribution >= 0.6 is 22.6 Å². The number of benzene rings is 3. The van der Waals surface area contributed by atoms with E-state index in [1.165, 1.54) is 6.92 Å². The van der Waals surface area contributed by atoms with Gasteiger partial charge in [-0.3, -0.25) is 29.0 Å². The summed E-state index contributed by atoms with van der Waals surface area (Å²) in [6.45, 7) is 1.78. The van der Waals surface area contributed by atoms with Gasteiger partial charge in [-0.15, -0.1) is 0 Å². The number of aliphatic imine (C=N–C) groups is 1. The van der Waals surface area contributed by atoms with E-state index in [2.05, 4.69) is 48.9 Å². The van der Waals surface area contributed by atoms with Crippen LogP contribution in [-0.4, -0.2) is 72.8 Å². The molecule has 0 saturated heterocycles. The summed E-state index contributed by atoms with van der Waals surface area (Å²) in [5, 5.41) is 12.8. The Morgan fingerprint density at radius 2 is 1.22 bits per heavy atom. The first kappa shape index (κ1) is 39.7. The van der Waals surface area contributed by atoms with E-state index in [1.54, 1.807) is 0 Å². The van der Waals surface area contributed by atoms with Crippen molar-refractivity contribution < 1.29 is 24.0 Å². The lowest BCUT2D eigenvalue weighted by atomic mass is 9.99. The fourth-order valence-corrected chi connectivity index (χ4v) is 5.68. The zero-order chi connectivity index (χ0) is 36.6. The summed E-state index contributed by atoms with van der Waals surface area (Å²) >= 11 is 2.17. The second-order valence-corrected chi connectivity index (χ2v) is 13.2. The average molecular weight is 800 g/mol. The highest BCUT2D eigenvalue weighted by molar-refractivity contribution is 14.1. The maximum absolute atomic E-state index is 14.0. The Hall–Kier alpha value is -4.77. The molecule has 268 valence electrons. The second kappa shape index (κ2) is 20.0.